The molecule has 0 aliphatic heterocycles. The Labute approximate surface area is 148 Å². The first-order valence-electron chi connectivity index (χ1n) is 8.54. The van der Waals surface area contributed by atoms with Crippen LogP contribution in [0.5, 0.6) is 5.75 Å². The standard InChI is InChI=1S/C19H25N5O/c1-13-14(2)21-18-12-17(15-7-6-8-16(11-15)25-5)22-24(18)19(13)20-9-10-23(3)4/h6-8,11-12,20H,9-10H2,1-5H3/p+1. The maximum atomic E-state index is 5.32. The fraction of sp³-hybridized carbons (Fsp3) is 0.368. The van der Waals surface area contributed by atoms with Crippen LogP contribution < -0.4 is 15.0 Å². The predicted molar refractivity (Wildman–Crippen MR) is 101 cm³/mol. The van der Waals surface area contributed by atoms with Crippen LogP contribution in [-0.2, 0) is 0 Å². The van der Waals surface area contributed by atoms with Crippen molar-refractivity contribution in [1.29, 1.82) is 0 Å². The van der Waals surface area contributed by atoms with Crippen molar-refractivity contribution in [2.45, 2.75) is 13.8 Å². The van der Waals surface area contributed by atoms with E-state index in [1.165, 1.54) is 4.90 Å². The van der Waals surface area contributed by atoms with Crippen LogP contribution >= 0.6 is 0 Å². The van der Waals surface area contributed by atoms with Gasteiger partial charge in [0.25, 0.3) is 0 Å². The van der Waals surface area contributed by atoms with E-state index in [4.69, 9.17) is 14.8 Å². The summed E-state index contributed by atoms with van der Waals surface area (Å²) in [4.78, 5) is 6.10. The first-order chi connectivity index (χ1) is 12.0. The zero-order chi connectivity index (χ0) is 18.0. The van der Waals surface area contributed by atoms with E-state index in [1.54, 1.807) is 7.11 Å². The number of rotatable bonds is 6. The molecule has 2 N–H and O–H groups in total. The molecule has 25 heavy (non-hydrogen) atoms. The molecule has 0 bridgehead atoms. The first-order valence-corrected chi connectivity index (χ1v) is 8.54. The molecule has 6 heteroatoms. The van der Waals surface area contributed by atoms with Gasteiger partial charge in [0.05, 0.1) is 40.0 Å². The van der Waals surface area contributed by atoms with Crippen LogP contribution in [0, 0.1) is 13.8 Å². The molecule has 0 aliphatic rings. The lowest BCUT2D eigenvalue weighted by Gasteiger charge is -2.14. The lowest BCUT2D eigenvalue weighted by molar-refractivity contribution is -0.856. The van der Waals surface area contributed by atoms with Crippen molar-refractivity contribution in [1.82, 2.24) is 14.6 Å². The highest BCUT2D eigenvalue weighted by Crippen LogP contribution is 2.26. The molecule has 0 radical (unpaired) electrons. The van der Waals surface area contributed by atoms with Crippen LogP contribution in [-0.4, -0.2) is 48.9 Å². The number of methoxy groups -OCH3 is 1. The van der Waals surface area contributed by atoms with E-state index < -0.39 is 0 Å². The molecule has 0 spiro atoms. The molecule has 6 nitrogen and oxygen atoms in total. The lowest BCUT2D eigenvalue weighted by atomic mass is 10.1. The van der Waals surface area contributed by atoms with Crippen LogP contribution in [0.1, 0.15) is 11.3 Å². The number of hydrogen-bond donors (Lipinski definition) is 2. The number of nitrogens with one attached hydrogen (secondary N) is 2. The highest BCUT2D eigenvalue weighted by atomic mass is 16.5. The summed E-state index contributed by atoms with van der Waals surface area (Å²) in [6.07, 6.45) is 0. The predicted octanol–water partition coefficient (Wildman–Crippen LogP) is 1.58. The second-order valence-electron chi connectivity index (χ2n) is 6.59. The van der Waals surface area contributed by atoms with Gasteiger partial charge in [-0.15, -0.1) is 0 Å². The molecule has 0 saturated carbocycles. The van der Waals surface area contributed by atoms with Gasteiger partial charge in [-0.1, -0.05) is 12.1 Å². The summed E-state index contributed by atoms with van der Waals surface area (Å²) in [7, 11) is 5.97. The summed E-state index contributed by atoms with van der Waals surface area (Å²) in [6.45, 7) is 6.04. The van der Waals surface area contributed by atoms with Crippen LogP contribution in [0.2, 0.25) is 0 Å². The average Bonchev–Trinajstić information content (AvgIpc) is 3.01. The van der Waals surface area contributed by atoms with Gasteiger partial charge >= 0.3 is 0 Å². The van der Waals surface area contributed by atoms with E-state index in [0.29, 0.717) is 0 Å². The normalized spacial score (nSPS) is 11.3. The highest BCUT2D eigenvalue weighted by molar-refractivity contribution is 5.67. The summed E-state index contributed by atoms with van der Waals surface area (Å²) in [5.41, 5.74) is 4.90. The highest BCUT2D eigenvalue weighted by Gasteiger charge is 2.14. The van der Waals surface area contributed by atoms with Crippen LogP contribution in [0.25, 0.3) is 16.9 Å². The van der Waals surface area contributed by atoms with Gasteiger partial charge in [0.2, 0.25) is 0 Å². The zero-order valence-corrected chi connectivity index (χ0v) is 15.6. The molecule has 0 saturated heterocycles. The third-order valence-electron chi connectivity index (χ3n) is 4.37. The molecule has 2 heterocycles. The first kappa shape index (κ1) is 17.2. The number of quaternary nitrogens is 1. The van der Waals surface area contributed by atoms with Crippen molar-refractivity contribution in [2.24, 2.45) is 0 Å². The minimum atomic E-state index is 0.821. The molecule has 0 atom stereocenters. The number of benzene rings is 1. The van der Waals surface area contributed by atoms with Gasteiger partial charge in [0, 0.05) is 22.9 Å². The Balaban J connectivity index is 2.03. The van der Waals surface area contributed by atoms with Crippen LogP contribution in [0.4, 0.5) is 5.82 Å². The molecular formula is C19H26N5O+. The molecule has 0 amide bonds. The zero-order valence-electron chi connectivity index (χ0n) is 15.6. The minimum absolute atomic E-state index is 0.821. The van der Waals surface area contributed by atoms with E-state index in [9.17, 15) is 0 Å². The van der Waals surface area contributed by atoms with E-state index in [0.717, 1.165) is 52.8 Å². The Kier molecular flexibility index (Phi) is 4.90. The number of anilines is 1. The summed E-state index contributed by atoms with van der Waals surface area (Å²) >= 11 is 0. The smallest absolute Gasteiger partial charge is 0.158 e. The van der Waals surface area contributed by atoms with Gasteiger partial charge < -0.3 is 15.0 Å². The van der Waals surface area contributed by atoms with E-state index >= 15 is 0 Å². The Bertz CT molecular complexity index is 885. The van der Waals surface area contributed by atoms with Gasteiger partial charge in [-0.2, -0.15) is 9.61 Å². The third kappa shape index (κ3) is 3.58. The number of fused-ring (bicyclic) bond motifs is 1. The van der Waals surface area contributed by atoms with Gasteiger partial charge in [-0.05, 0) is 26.0 Å². The number of hydrogen-bond acceptors (Lipinski definition) is 4. The van der Waals surface area contributed by atoms with Gasteiger partial charge in [0.1, 0.15) is 11.6 Å². The minimum Gasteiger partial charge on any atom is -0.497 e. The average molecular weight is 340 g/mol. The Morgan fingerprint density at radius 3 is 2.72 bits per heavy atom. The molecule has 0 aliphatic carbocycles. The number of aromatic nitrogens is 3. The third-order valence-corrected chi connectivity index (χ3v) is 4.37. The summed E-state index contributed by atoms with van der Waals surface area (Å²) in [6, 6.07) is 9.95. The summed E-state index contributed by atoms with van der Waals surface area (Å²) < 4.78 is 7.23. The molecule has 0 unspecified atom stereocenters. The largest absolute Gasteiger partial charge is 0.497 e. The molecular weight excluding hydrogens is 314 g/mol. The quantitative estimate of drug-likeness (QED) is 0.715. The van der Waals surface area contributed by atoms with E-state index in [2.05, 4.69) is 26.3 Å². The van der Waals surface area contributed by atoms with E-state index in [1.807, 2.05) is 41.8 Å². The molecule has 3 aromatic rings. The van der Waals surface area contributed by atoms with Crippen molar-refractivity contribution < 1.29 is 9.64 Å². The molecule has 3 rings (SSSR count). The van der Waals surface area contributed by atoms with Crippen molar-refractivity contribution in [2.75, 3.05) is 39.6 Å². The van der Waals surface area contributed by atoms with E-state index in [-0.39, 0.29) is 0 Å². The Morgan fingerprint density at radius 1 is 1.20 bits per heavy atom. The Morgan fingerprint density at radius 2 is 2.00 bits per heavy atom. The topological polar surface area (TPSA) is 55.9 Å². The SMILES string of the molecule is COc1cccc(-c2cc3nc(C)c(C)c(NCC[NH+](C)C)n3n2)c1. The molecule has 0 fully saturated rings. The fourth-order valence-electron chi connectivity index (χ4n) is 2.76. The summed E-state index contributed by atoms with van der Waals surface area (Å²) in [5.74, 6) is 1.83. The maximum absolute atomic E-state index is 5.32. The monoisotopic (exact) mass is 340 g/mol. The van der Waals surface area contributed by atoms with Crippen LogP contribution in [0.3, 0.4) is 0 Å². The molecule has 2 aromatic heterocycles. The number of ether oxygens (including phenoxy) is 1. The maximum Gasteiger partial charge on any atom is 0.158 e. The second-order valence-corrected chi connectivity index (χ2v) is 6.59. The summed E-state index contributed by atoms with van der Waals surface area (Å²) in [5, 5.41) is 8.32. The number of aryl methyl sites for hydroxylation is 1. The van der Waals surface area contributed by atoms with Crippen molar-refractivity contribution in [3.63, 3.8) is 0 Å². The van der Waals surface area contributed by atoms with Gasteiger partial charge in [-0.3, -0.25) is 0 Å². The van der Waals surface area contributed by atoms with Gasteiger partial charge in [0.15, 0.2) is 5.65 Å². The number of nitrogens with zero attached hydrogens (tertiary/aromatic N) is 3. The molecule has 132 valence electrons. The lowest BCUT2D eigenvalue weighted by Crippen LogP contribution is -3.06. The van der Waals surface area contributed by atoms with Crippen molar-refractivity contribution >= 4 is 11.5 Å². The number of likely N-dealkylation sites (N-methyl/N-ethyl adjacent to an activating group) is 1. The van der Waals surface area contributed by atoms with Crippen LogP contribution in [0.15, 0.2) is 30.3 Å². The van der Waals surface area contributed by atoms with Crippen molar-refractivity contribution in [3.05, 3.63) is 41.6 Å². The molecule has 1 aromatic carbocycles. The van der Waals surface area contributed by atoms with Crippen molar-refractivity contribution in [3.8, 4) is 17.0 Å². The Hall–Kier alpha value is -2.60. The second kappa shape index (κ2) is 7.11. The fourth-order valence-corrected chi connectivity index (χ4v) is 2.76. The van der Waals surface area contributed by atoms with Gasteiger partial charge in [-0.25, -0.2) is 4.98 Å².